The average molecular weight is 459 g/mol. The SMILES string of the molecule is C[C@@H](C[C@@H](O)[C@@H]1OC1(C)C)[C@@H]1CC[C@]2(C)C3=CC[C@H]4C(C)(C)[C@H](O)CC[C@]4(C)[C@H]3CC[C@@]12C. The Morgan fingerprint density at radius 3 is 2.30 bits per heavy atom. The van der Waals surface area contributed by atoms with Gasteiger partial charge in [-0.2, -0.15) is 0 Å². The Labute approximate surface area is 202 Å². The van der Waals surface area contributed by atoms with Crippen molar-refractivity contribution in [2.45, 2.75) is 131 Å². The molecule has 4 fully saturated rings. The standard InChI is InChI=1S/C30H50O3/c1-18(17-22(31)25-27(4,5)33-25)19-11-15-30(8)21-9-10-23-26(2,3)24(32)13-14-28(23,6)20(21)12-16-29(19,30)7/h9,18-20,22-25,31-32H,10-17H2,1-8H3/t18-,19-,20-,22+,23-,24+,25-,28+,29-,30+/m0/s1. The van der Waals surface area contributed by atoms with Crippen LogP contribution in [0.15, 0.2) is 11.6 Å². The Bertz CT molecular complexity index is 828. The van der Waals surface area contributed by atoms with E-state index in [9.17, 15) is 10.2 Å². The van der Waals surface area contributed by atoms with Gasteiger partial charge in [0, 0.05) is 0 Å². The van der Waals surface area contributed by atoms with E-state index in [4.69, 9.17) is 4.74 Å². The van der Waals surface area contributed by atoms with E-state index < -0.39 is 0 Å². The lowest BCUT2D eigenvalue weighted by molar-refractivity contribution is -0.131. The molecule has 5 aliphatic rings. The number of hydrogen-bond donors (Lipinski definition) is 2. The van der Waals surface area contributed by atoms with Crippen molar-refractivity contribution in [3.8, 4) is 0 Å². The number of rotatable bonds is 4. The molecule has 0 spiro atoms. The van der Waals surface area contributed by atoms with Crippen LogP contribution >= 0.6 is 0 Å². The third-order valence-corrected chi connectivity index (χ3v) is 12.6. The second-order valence-electron chi connectivity index (χ2n) is 14.7. The molecule has 0 aromatic rings. The van der Waals surface area contributed by atoms with E-state index in [0.29, 0.717) is 34.5 Å². The lowest BCUT2D eigenvalue weighted by Gasteiger charge is -2.64. The normalized spacial score (nSPS) is 51.6. The molecule has 0 unspecified atom stereocenters. The molecule has 10 atom stereocenters. The van der Waals surface area contributed by atoms with E-state index in [1.54, 1.807) is 5.57 Å². The molecular weight excluding hydrogens is 408 g/mol. The lowest BCUT2D eigenvalue weighted by Crippen LogP contribution is -2.58. The first kappa shape index (κ1) is 24.3. The summed E-state index contributed by atoms with van der Waals surface area (Å²) in [7, 11) is 0. The van der Waals surface area contributed by atoms with Crippen molar-refractivity contribution in [1.82, 2.24) is 0 Å². The minimum absolute atomic E-state index is 0.00178. The summed E-state index contributed by atoms with van der Waals surface area (Å²) in [6.07, 6.45) is 11.4. The summed E-state index contributed by atoms with van der Waals surface area (Å²) < 4.78 is 5.76. The molecular formula is C30H50O3. The third-order valence-electron chi connectivity index (χ3n) is 12.6. The average Bonchev–Trinajstić information content (AvgIpc) is 3.26. The highest BCUT2D eigenvalue weighted by Gasteiger charge is 2.65. The smallest absolute Gasteiger partial charge is 0.113 e. The van der Waals surface area contributed by atoms with Crippen molar-refractivity contribution >= 4 is 0 Å². The highest BCUT2D eigenvalue weighted by molar-refractivity contribution is 5.33. The zero-order valence-electron chi connectivity index (χ0n) is 22.6. The highest BCUT2D eigenvalue weighted by Crippen LogP contribution is 2.73. The van der Waals surface area contributed by atoms with E-state index in [0.717, 1.165) is 19.3 Å². The van der Waals surface area contributed by atoms with Gasteiger partial charge in [0.2, 0.25) is 0 Å². The number of aliphatic hydroxyl groups is 2. The zero-order chi connectivity index (χ0) is 24.2. The van der Waals surface area contributed by atoms with Gasteiger partial charge in [0.15, 0.2) is 0 Å². The van der Waals surface area contributed by atoms with Crippen molar-refractivity contribution in [1.29, 1.82) is 0 Å². The molecule has 5 rings (SSSR count). The van der Waals surface area contributed by atoms with Crippen LogP contribution in [0, 0.1) is 45.3 Å². The van der Waals surface area contributed by atoms with Crippen LogP contribution in [0.3, 0.4) is 0 Å². The van der Waals surface area contributed by atoms with Crippen LogP contribution in [-0.4, -0.2) is 34.1 Å². The Kier molecular flexibility index (Phi) is 5.40. The number of ether oxygens (including phenoxy) is 1. The molecule has 0 bridgehead atoms. The maximum absolute atomic E-state index is 10.9. The van der Waals surface area contributed by atoms with Crippen LogP contribution in [0.4, 0.5) is 0 Å². The second-order valence-corrected chi connectivity index (χ2v) is 14.7. The van der Waals surface area contributed by atoms with Crippen molar-refractivity contribution < 1.29 is 14.9 Å². The summed E-state index contributed by atoms with van der Waals surface area (Å²) in [6.45, 7) is 19.0. The molecule has 1 aliphatic heterocycles. The van der Waals surface area contributed by atoms with Crippen LogP contribution in [-0.2, 0) is 4.74 Å². The molecule has 1 saturated heterocycles. The zero-order valence-corrected chi connectivity index (χ0v) is 22.6. The summed E-state index contributed by atoms with van der Waals surface area (Å²) in [5, 5.41) is 21.7. The summed E-state index contributed by atoms with van der Waals surface area (Å²) in [5.41, 5.74) is 2.50. The maximum atomic E-state index is 10.9. The minimum Gasteiger partial charge on any atom is -0.393 e. The summed E-state index contributed by atoms with van der Waals surface area (Å²) in [5.74, 6) is 2.42. The van der Waals surface area contributed by atoms with Crippen molar-refractivity contribution in [3.63, 3.8) is 0 Å². The summed E-state index contributed by atoms with van der Waals surface area (Å²) >= 11 is 0. The summed E-state index contributed by atoms with van der Waals surface area (Å²) in [4.78, 5) is 0. The molecule has 0 radical (unpaired) electrons. The molecule has 2 N–H and O–H groups in total. The lowest BCUT2D eigenvalue weighted by atomic mass is 9.41. The predicted octanol–water partition coefficient (Wildman–Crippen LogP) is 6.52. The molecule has 0 aromatic heterocycles. The van der Waals surface area contributed by atoms with Gasteiger partial charge >= 0.3 is 0 Å². The fourth-order valence-corrected chi connectivity index (χ4v) is 10.2. The van der Waals surface area contributed by atoms with E-state index in [1.165, 1.54) is 32.1 Å². The van der Waals surface area contributed by atoms with Gasteiger partial charge < -0.3 is 14.9 Å². The van der Waals surface area contributed by atoms with Gasteiger partial charge in [0.1, 0.15) is 6.10 Å². The Morgan fingerprint density at radius 2 is 1.67 bits per heavy atom. The quantitative estimate of drug-likeness (QED) is 0.372. The molecule has 3 nitrogen and oxygen atoms in total. The van der Waals surface area contributed by atoms with Gasteiger partial charge in [-0.05, 0) is 111 Å². The third kappa shape index (κ3) is 3.23. The molecule has 1 heterocycles. The Morgan fingerprint density at radius 1 is 1.00 bits per heavy atom. The fraction of sp³-hybridized carbons (Fsp3) is 0.933. The van der Waals surface area contributed by atoms with E-state index in [-0.39, 0.29) is 34.7 Å². The number of fused-ring (bicyclic) bond motifs is 5. The van der Waals surface area contributed by atoms with Crippen molar-refractivity contribution in [2.75, 3.05) is 0 Å². The summed E-state index contributed by atoms with van der Waals surface area (Å²) in [6, 6.07) is 0. The van der Waals surface area contributed by atoms with Crippen LogP contribution in [0.1, 0.15) is 107 Å². The van der Waals surface area contributed by atoms with E-state index in [2.05, 4.69) is 61.5 Å². The first-order chi connectivity index (χ1) is 15.2. The number of epoxide rings is 1. The molecule has 3 saturated carbocycles. The number of hydrogen-bond acceptors (Lipinski definition) is 3. The monoisotopic (exact) mass is 458 g/mol. The second kappa shape index (κ2) is 7.32. The topological polar surface area (TPSA) is 53.0 Å². The molecule has 188 valence electrons. The van der Waals surface area contributed by atoms with Crippen molar-refractivity contribution in [3.05, 3.63) is 11.6 Å². The Hall–Kier alpha value is -0.380. The van der Waals surface area contributed by atoms with Gasteiger partial charge in [-0.1, -0.05) is 53.2 Å². The molecule has 33 heavy (non-hydrogen) atoms. The molecule has 4 aliphatic carbocycles. The van der Waals surface area contributed by atoms with Gasteiger partial charge in [0.25, 0.3) is 0 Å². The van der Waals surface area contributed by atoms with Crippen LogP contribution in [0.25, 0.3) is 0 Å². The number of allylic oxidation sites excluding steroid dienone is 2. The van der Waals surface area contributed by atoms with Gasteiger partial charge in [-0.15, -0.1) is 0 Å². The first-order valence-corrected chi connectivity index (χ1v) is 13.9. The largest absolute Gasteiger partial charge is 0.393 e. The van der Waals surface area contributed by atoms with Crippen molar-refractivity contribution in [2.24, 2.45) is 45.3 Å². The van der Waals surface area contributed by atoms with E-state index in [1.807, 2.05) is 0 Å². The highest BCUT2D eigenvalue weighted by atomic mass is 16.6. The van der Waals surface area contributed by atoms with Gasteiger partial charge in [-0.3, -0.25) is 0 Å². The first-order valence-electron chi connectivity index (χ1n) is 13.9. The van der Waals surface area contributed by atoms with E-state index >= 15 is 0 Å². The molecule has 3 heteroatoms. The minimum atomic E-state index is -0.341. The van der Waals surface area contributed by atoms with Gasteiger partial charge in [0.05, 0.1) is 17.8 Å². The maximum Gasteiger partial charge on any atom is 0.113 e. The Balaban J connectivity index is 1.40. The predicted molar refractivity (Wildman–Crippen MR) is 134 cm³/mol. The molecule has 0 aromatic carbocycles. The number of aliphatic hydroxyl groups excluding tert-OH is 2. The van der Waals surface area contributed by atoms with Gasteiger partial charge in [-0.25, -0.2) is 0 Å². The molecule has 0 amide bonds. The fourth-order valence-electron chi connectivity index (χ4n) is 10.2. The van der Waals surface area contributed by atoms with Crippen LogP contribution in [0.2, 0.25) is 0 Å². The van der Waals surface area contributed by atoms with Crippen LogP contribution in [0.5, 0.6) is 0 Å². The van der Waals surface area contributed by atoms with Crippen LogP contribution < -0.4 is 0 Å².